The van der Waals surface area contributed by atoms with Crippen LogP contribution in [-0.4, -0.2) is 33.2 Å². The second-order valence-corrected chi connectivity index (χ2v) is 4.78. The van der Waals surface area contributed by atoms with Gasteiger partial charge in [-0.2, -0.15) is 0 Å². The molecule has 0 rings (SSSR count). The van der Waals surface area contributed by atoms with Crippen LogP contribution in [-0.2, 0) is 14.3 Å². The third-order valence-corrected chi connectivity index (χ3v) is 2.86. The number of ketones is 1. The van der Waals surface area contributed by atoms with Gasteiger partial charge in [0.05, 0.1) is 13.2 Å². The van der Waals surface area contributed by atoms with E-state index in [1.165, 1.54) is 0 Å². The van der Waals surface area contributed by atoms with Gasteiger partial charge in [-0.1, -0.05) is 18.2 Å². The number of hydrogen-bond acceptors (Lipinski definition) is 3. The maximum atomic E-state index is 10.8. The Balaban J connectivity index is 4.36. The van der Waals surface area contributed by atoms with Crippen LogP contribution in [0.3, 0.4) is 0 Å². The Morgan fingerprint density at radius 1 is 1.17 bits per heavy atom. The molecule has 0 saturated carbocycles. The van der Waals surface area contributed by atoms with Gasteiger partial charge in [-0.15, -0.1) is 6.58 Å². The van der Waals surface area contributed by atoms with Crippen molar-refractivity contribution < 1.29 is 14.3 Å². The third kappa shape index (κ3) is 7.41. The minimum atomic E-state index is -0.0437. The molecule has 0 aliphatic heterocycles. The van der Waals surface area contributed by atoms with Crippen molar-refractivity contribution in [2.45, 2.75) is 32.6 Å². The zero-order valence-electron chi connectivity index (χ0n) is 11.9. The molecule has 0 unspecified atom stereocenters. The summed E-state index contributed by atoms with van der Waals surface area (Å²) >= 11 is 0. The zero-order valence-corrected chi connectivity index (χ0v) is 11.9. The van der Waals surface area contributed by atoms with Crippen LogP contribution in [0.15, 0.2) is 24.8 Å². The van der Waals surface area contributed by atoms with E-state index in [1.54, 1.807) is 21.1 Å². The summed E-state index contributed by atoms with van der Waals surface area (Å²) in [6.07, 6.45) is 9.22. The quantitative estimate of drug-likeness (QED) is 0.531. The van der Waals surface area contributed by atoms with E-state index < -0.39 is 0 Å². The second kappa shape index (κ2) is 10.0. The minimum Gasteiger partial charge on any atom is -0.384 e. The van der Waals surface area contributed by atoms with Gasteiger partial charge in [-0.3, -0.25) is 0 Å². The van der Waals surface area contributed by atoms with Gasteiger partial charge in [0.2, 0.25) is 0 Å². The largest absolute Gasteiger partial charge is 0.384 e. The predicted molar refractivity (Wildman–Crippen MR) is 74.7 cm³/mol. The average molecular weight is 254 g/mol. The van der Waals surface area contributed by atoms with Crippen LogP contribution >= 0.6 is 0 Å². The van der Waals surface area contributed by atoms with E-state index in [2.05, 4.69) is 18.7 Å². The molecule has 3 nitrogen and oxygen atoms in total. The lowest BCUT2D eigenvalue weighted by Crippen LogP contribution is -2.30. The lowest BCUT2D eigenvalue weighted by Gasteiger charge is -2.30. The van der Waals surface area contributed by atoms with Crippen LogP contribution in [0.4, 0.5) is 0 Å². The smallest absolute Gasteiger partial charge is 0.130 e. The summed E-state index contributed by atoms with van der Waals surface area (Å²) < 4.78 is 10.6. The molecule has 3 heteroatoms. The van der Waals surface area contributed by atoms with E-state index >= 15 is 0 Å². The van der Waals surface area contributed by atoms with Crippen LogP contribution < -0.4 is 0 Å². The van der Waals surface area contributed by atoms with E-state index in [-0.39, 0.29) is 11.2 Å². The summed E-state index contributed by atoms with van der Waals surface area (Å²) in [5.41, 5.74) is -0.0437. The predicted octanol–water partition coefficient (Wildman–Crippen LogP) is 3.16. The summed E-state index contributed by atoms with van der Waals surface area (Å²) in [5.74, 6) is 0.228. The number of methoxy groups -OCH3 is 2. The standard InChI is InChI=1S/C15H26O3/c1-5-10-15(12-17-3,13-18-4)11-8-6-7-9-14(2)16/h5-6,8H,1,7,9-13H2,2-4H3/b8-6+. The Hall–Kier alpha value is -0.930. The van der Waals surface area contributed by atoms with E-state index in [4.69, 9.17) is 9.47 Å². The van der Waals surface area contributed by atoms with Gasteiger partial charge in [0, 0.05) is 26.1 Å². The van der Waals surface area contributed by atoms with Crippen molar-refractivity contribution in [1.29, 1.82) is 0 Å². The van der Waals surface area contributed by atoms with E-state index in [9.17, 15) is 4.79 Å². The van der Waals surface area contributed by atoms with E-state index in [1.807, 2.05) is 6.08 Å². The number of carbonyl (C=O) groups is 1. The minimum absolute atomic E-state index is 0.0437. The highest BCUT2D eigenvalue weighted by molar-refractivity contribution is 5.75. The number of hydrogen-bond donors (Lipinski definition) is 0. The summed E-state index contributed by atoms with van der Waals surface area (Å²) in [5, 5.41) is 0. The molecule has 0 amide bonds. The van der Waals surface area contributed by atoms with Gasteiger partial charge >= 0.3 is 0 Å². The SMILES string of the molecule is C=CCC(C/C=C/CCC(C)=O)(COC)COC. The molecule has 0 fully saturated rings. The molecule has 0 atom stereocenters. The fraction of sp³-hybridized carbons (Fsp3) is 0.667. The second-order valence-electron chi connectivity index (χ2n) is 4.78. The lowest BCUT2D eigenvalue weighted by molar-refractivity contribution is -0.116. The molecular weight excluding hydrogens is 228 g/mol. The first kappa shape index (κ1) is 17.1. The third-order valence-electron chi connectivity index (χ3n) is 2.86. The van der Waals surface area contributed by atoms with E-state index in [0.717, 1.165) is 19.3 Å². The summed E-state index contributed by atoms with van der Waals surface area (Å²) in [7, 11) is 3.40. The number of rotatable bonds is 11. The van der Waals surface area contributed by atoms with Crippen molar-refractivity contribution in [3.8, 4) is 0 Å². The van der Waals surface area contributed by atoms with Crippen molar-refractivity contribution in [3.05, 3.63) is 24.8 Å². The number of allylic oxidation sites excluding steroid dienone is 3. The summed E-state index contributed by atoms with van der Waals surface area (Å²) in [6, 6.07) is 0. The Kier molecular flexibility index (Phi) is 9.52. The number of ether oxygens (including phenoxy) is 2. The van der Waals surface area contributed by atoms with Gasteiger partial charge in [-0.05, 0) is 26.2 Å². The molecule has 104 valence electrons. The average Bonchev–Trinajstić information content (AvgIpc) is 2.29. The van der Waals surface area contributed by atoms with Crippen molar-refractivity contribution in [1.82, 2.24) is 0 Å². The molecule has 0 heterocycles. The summed E-state index contributed by atoms with van der Waals surface area (Å²) in [4.78, 5) is 10.8. The molecule has 0 N–H and O–H groups in total. The molecular formula is C15H26O3. The van der Waals surface area contributed by atoms with Crippen LogP contribution in [0.1, 0.15) is 32.6 Å². The first-order valence-corrected chi connectivity index (χ1v) is 6.33. The highest BCUT2D eigenvalue weighted by Gasteiger charge is 2.27. The first-order chi connectivity index (χ1) is 8.60. The maximum Gasteiger partial charge on any atom is 0.130 e. The molecule has 0 aromatic heterocycles. The molecule has 0 saturated heterocycles. The topological polar surface area (TPSA) is 35.5 Å². The van der Waals surface area contributed by atoms with Crippen molar-refractivity contribution in [3.63, 3.8) is 0 Å². The fourth-order valence-electron chi connectivity index (χ4n) is 2.02. The van der Waals surface area contributed by atoms with Gasteiger partial charge in [0.15, 0.2) is 0 Å². The molecule has 0 radical (unpaired) electrons. The molecule has 0 aromatic rings. The van der Waals surface area contributed by atoms with Gasteiger partial charge in [-0.25, -0.2) is 0 Å². The number of carbonyl (C=O) groups excluding carboxylic acids is 1. The Morgan fingerprint density at radius 3 is 2.22 bits per heavy atom. The van der Waals surface area contributed by atoms with Crippen molar-refractivity contribution >= 4 is 5.78 Å². The Bertz CT molecular complexity index is 263. The zero-order chi connectivity index (χ0) is 13.9. The van der Waals surface area contributed by atoms with Crippen molar-refractivity contribution in [2.75, 3.05) is 27.4 Å². The molecule has 0 spiro atoms. The molecule has 0 bridgehead atoms. The fourth-order valence-corrected chi connectivity index (χ4v) is 2.02. The van der Waals surface area contributed by atoms with Crippen LogP contribution in [0.5, 0.6) is 0 Å². The molecule has 18 heavy (non-hydrogen) atoms. The van der Waals surface area contributed by atoms with Crippen LogP contribution in [0.2, 0.25) is 0 Å². The Morgan fingerprint density at radius 2 is 1.78 bits per heavy atom. The summed E-state index contributed by atoms with van der Waals surface area (Å²) in [6.45, 7) is 6.70. The number of Topliss-reactive ketones (excluding diaryl/α,β-unsaturated/α-hetero) is 1. The monoisotopic (exact) mass is 254 g/mol. The molecule has 0 aromatic carbocycles. The van der Waals surface area contributed by atoms with E-state index in [0.29, 0.717) is 19.6 Å². The van der Waals surface area contributed by atoms with Crippen LogP contribution in [0, 0.1) is 5.41 Å². The highest BCUT2D eigenvalue weighted by atomic mass is 16.5. The van der Waals surface area contributed by atoms with Gasteiger partial charge in [0.1, 0.15) is 5.78 Å². The molecule has 0 aliphatic rings. The van der Waals surface area contributed by atoms with Crippen molar-refractivity contribution in [2.24, 2.45) is 5.41 Å². The maximum absolute atomic E-state index is 10.8. The van der Waals surface area contributed by atoms with Gasteiger partial charge in [0.25, 0.3) is 0 Å². The first-order valence-electron chi connectivity index (χ1n) is 6.33. The lowest BCUT2D eigenvalue weighted by atomic mass is 9.82. The Labute approximate surface area is 111 Å². The molecule has 0 aliphatic carbocycles. The van der Waals surface area contributed by atoms with Gasteiger partial charge < -0.3 is 14.3 Å². The normalized spacial score (nSPS) is 11.9. The van der Waals surface area contributed by atoms with Crippen LogP contribution in [0.25, 0.3) is 0 Å². The highest BCUT2D eigenvalue weighted by Crippen LogP contribution is 2.28.